The maximum Gasteiger partial charge on any atom is 0.270 e. The number of rotatable bonds is 6. The molecule has 35 heavy (non-hydrogen) atoms. The number of anilines is 2. The fourth-order valence-corrected chi connectivity index (χ4v) is 4.95. The fourth-order valence-electron chi connectivity index (χ4n) is 3.48. The van der Waals surface area contributed by atoms with E-state index < -0.39 is 0 Å². The van der Waals surface area contributed by atoms with E-state index >= 15 is 0 Å². The highest BCUT2D eigenvalue weighted by molar-refractivity contribution is 8.27. The number of amides is 2. The van der Waals surface area contributed by atoms with Crippen LogP contribution in [0.3, 0.4) is 0 Å². The Bertz CT molecular complexity index is 1370. The summed E-state index contributed by atoms with van der Waals surface area (Å²) in [7, 11) is 0. The van der Waals surface area contributed by atoms with Gasteiger partial charge in [-0.2, -0.15) is 0 Å². The molecule has 2 amide bonds. The smallest absolute Gasteiger partial charge is 0.270 e. The number of thioether (sulfide) groups is 1. The molecule has 0 bridgehead atoms. The summed E-state index contributed by atoms with van der Waals surface area (Å²) in [6, 6.07) is 18.4. The lowest BCUT2D eigenvalue weighted by atomic mass is 10.1. The quantitative estimate of drug-likeness (QED) is 0.289. The number of ether oxygens (including phenoxy) is 1. The van der Waals surface area contributed by atoms with Crippen molar-refractivity contribution < 1.29 is 14.3 Å². The molecule has 1 saturated heterocycles. The van der Waals surface area contributed by atoms with Crippen LogP contribution in [0.25, 0.3) is 6.08 Å². The first-order valence-electron chi connectivity index (χ1n) is 10.9. The van der Waals surface area contributed by atoms with Crippen LogP contribution in [0.4, 0.5) is 11.4 Å². The Balaban J connectivity index is 1.44. The topological polar surface area (TPSA) is 58.6 Å². The average Bonchev–Trinajstić information content (AvgIpc) is 3.10. The summed E-state index contributed by atoms with van der Waals surface area (Å²) in [6.07, 6.45) is 1.76. The van der Waals surface area contributed by atoms with Crippen LogP contribution in [0.5, 0.6) is 5.75 Å². The number of benzene rings is 3. The van der Waals surface area contributed by atoms with E-state index in [1.54, 1.807) is 24.3 Å². The third-order valence-electron chi connectivity index (χ3n) is 5.61. The molecule has 0 aliphatic carbocycles. The van der Waals surface area contributed by atoms with Crippen molar-refractivity contribution in [1.82, 2.24) is 0 Å². The number of halogens is 1. The number of nitrogens with one attached hydrogen (secondary N) is 1. The predicted molar refractivity (Wildman–Crippen MR) is 148 cm³/mol. The number of thiocarbonyl (C=S) groups is 1. The Morgan fingerprint density at radius 2 is 1.86 bits per heavy atom. The van der Waals surface area contributed by atoms with Gasteiger partial charge < -0.3 is 10.1 Å². The van der Waals surface area contributed by atoms with Gasteiger partial charge in [-0.25, -0.2) is 0 Å². The molecule has 4 rings (SSSR count). The van der Waals surface area contributed by atoms with E-state index in [1.807, 2.05) is 63.2 Å². The van der Waals surface area contributed by atoms with Gasteiger partial charge in [0.2, 0.25) is 0 Å². The molecule has 0 aromatic heterocycles. The summed E-state index contributed by atoms with van der Waals surface area (Å²) in [6.45, 7) is 5.73. The number of carbonyl (C=O) groups excluding carboxylic acids is 2. The maximum atomic E-state index is 13.1. The molecule has 5 nitrogen and oxygen atoms in total. The predicted octanol–water partition coefficient (Wildman–Crippen LogP) is 6.69. The first kappa shape index (κ1) is 25.0. The SMILES string of the molecule is Cc1ccc(N2C(=O)/C(=C/c3cccc(OCC(=O)Nc4cccc(C)c4C)c3)SC2=S)cc1Cl. The van der Waals surface area contributed by atoms with Crippen molar-refractivity contribution in [1.29, 1.82) is 0 Å². The van der Waals surface area contributed by atoms with Crippen molar-refractivity contribution in [2.75, 3.05) is 16.8 Å². The second kappa shape index (κ2) is 10.6. The molecular weight excluding hydrogens is 500 g/mol. The molecule has 0 radical (unpaired) electrons. The van der Waals surface area contributed by atoms with Gasteiger partial charge in [-0.05, 0) is 79.4 Å². The Morgan fingerprint density at radius 3 is 2.63 bits per heavy atom. The summed E-state index contributed by atoms with van der Waals surface area (Å²) < 4.78 is 6.14. The molecule has 3 aromatic rings. The van der Waals surface area contributed by atoms with Gasteiger partial charge in [-0.1, -0.05) is 65.9 Å². The van der Waals surface area contributed by atoms with Crippen LogP contribution in [-0.4, -0.2) is 22.7 Å². The van der Waals surface area contributed by atoms with E-state index in [1.165, 1.54) is 16.7 Å². The second-order valence-electron chi connectivity index (χ2n) is 8.11. The fraction of sp³-hybridized carbons (Fsp3) is 0.148. The molecule has 0 atom stereocenters. The molecular formula is C27H23ClN2O3S2. The molecule has 178 valence electrons. The largest absolute Gasteiger partial charge is 0.484 e. The normalized spacial score (nSPS) is 14.5. The van der Waals surface area contributed by atoms with E-state index in [4.69, 9.17) is 28.6 Å². The zero-order valence-corrected chi connectivity index (χ0v) is 21.8. The highest BCUT2D eigenvalue weighted by Gasteiger charge is 2.33. The van der Waals surface area contributed by atoms with Gasteiger partial charge in [-0.3, -0.25) is 14.5 Å². The molecule has 1 aliphatic heterocycles. The van der Waals surface area contributed by atoms with Gasteiger partial charge in [0.05, 0.1) is 10.6 Å². The molecule has 1 fully saturated rings. The monoisotopic (exact) mass is 522 g/mol. The zero-order chi connectivity index (χ0) is 25.1. The molecule has 0 unspecified atom stereocenters. The van der Waals surface area contributed by atoms with Crippen LogP contribution in [0.2, 0.25) is 5.02 Å². The van der Waals surface area contributed by atoms with E-state index in [0.29, 0.717) is 25.7 Å². The van der Waals surface area contributed by atoms with Crippen molar-refractivity contribution in [3.63, 3.8) is 0 Å². The lowest BCUT2D eigenvalue weighted by Crippen LogP contribution is -2.27. The second-order valence-corrected chi connectivity index (χ2v) is 10.2. The summed E-state index contributed by atoms with van der Waals surface area (Å²) in [5.41, 5.74) is 5.22. The average molecular weight is 523 g/mol. The van der Waals surface area contributed by atoms with Crippen molar-refractivity contribution in [2.24, 2.45) is 0 Å². The standard InChI is InChI=1S/C27H23ClN2O3S2/c1-16-6-4-9-23(18(16)3)29-25(31)15-33-21-8-5-7-19(12-21)13-24-26(32)30(27(34)35-24)20-11-10-17(2)22(28)14-20/h4-14H,15H2,1-3H3,(H,29,31)/b24-13-. The van der Waals surface area contributed by atoms with Gasteiger partial charge in [0.1, 0.15) is 5.75 Å². The summed E-state index contributed by atoms with van der Waals surface area (Å²) in [5.74, 6) is 0.0662. The summed E-state index contributed by atoms with van der Waals surface area (Å²) >= 11 is 12.9. The highest BCUT2D eigenvalue weighted by Crippen LogP contribution is 2.37. The van der Waals surface area contributed by atoms with E-state index in [0.717, 1.165) is 27.9 Å². The van der Waals surface area contributed by atoms with Crippen molar-refractivity contribution in [2.45, 2.75) is 20.8 Å². The van der Waals surface area contributed by atoms with Crippen LogP contribution in [-0.2, 0) is 9.59 Å². The van der Waals surface area contributed by atoms with Crippen molar-refractivity contribution in [3.05, 3.63) is 92.8 Å². The molecule has 0 saturated carbocycles. The van der Waals surface area contributed by atoms with Gasteiger partial charge in [0.15, 0.2) is 10.9 Å². The zero-order valence-electron chi connectivity index (χ0n) is 19.4. The molecule has 0 spiro atoms. The Hall–Kier alpha value is -3.13. The lowest BCUT2D eigenvalue weighted by Gasteiger charge is -2.15. The van der Waals surface area contributed by atoms with Crippen LogP contribution in [0.1, 0.15) is 22.3 Å². The lowest BCUT2D eigenvalue weighted by molar-refractivity contribution is -0.118. The minimum absolute atomic E-state index is 0.132. The number of hydrogen-bond acceptors (Lipinski definition) is 5. The highest BCUT2D eigenvalue weighted by atomic mass is 35.5. The van der Waals surface area contributed by atoms with E-state index in [9.17, 15) is 9.59 Å². The van der Waals surface area contributed by atoms with Crippen molar-refractivity contribution >= 4 is 69.2 Å². The van der Waals surface area contributed by atoms with Crippen LogP contribution < -0.4 is 15.0 Å². The molecule has 1 N–H and O–H groups in total. The molecule has 3 aromatic carbocycles. The van der Waals surface area contributed by atoms with Gasteiger partial charge in [0, 0.05) is 10.7 Å². The van der Waals surface area contributed by atoms with Gasteiger partial charge in [-0.15, -0.1) is 0 Å². The van der Waals surface area contributed by atoms with E-state index in [-0.39, 0.29) is 18.4 Å². The van der Waals surface area contributed by atoms with Crippen LogP contribution in [0, 0.1) is 20.8 Å². The number of hydrogen-bond donors (Lipinski definition) is 1. The Kier molecular flexibility index (Phi) is 7.60. The van der Waals surface area contributed by atoms with Gasteiger partial charge in [0.25, 0.3) is 11.8 Å². The first-order chi connectivity index (χ1) is 16.7. The van der Waals surface area contributed by atoms with Crippen LogP contribution >= 0.6 is 35.6 Å². The van der Waals surface area contributed by atoms with Gasteiger partial charge >= 0.3 is 0 Å². The number of carbonyl (C=O) groups is 2. The minimum atomic E-state index is -0.248. The number of aryl methyl sites for hydroxylation is 2. The molecule has 1 heterocycles. The Morgan fingerprint density at radius 1 is 1.09 bits per heavy atom. The third kappa shape index (κ3) is 5.75. The maximum absolute atomic E-state index is 13.1. The summed E-state index contributed by atoms with van der Waals surface area (Å²) in [5, 5.41) is 3.46. The van der Waals surface area contributed by atoms with E-state index in [2.05, 4.69) is 5.32 Å². The summed E-state index contributed by atoms with van der Waals surface area (Å²) in [4.78, 5) is 27.4. The minimum Gasteiger partial charge on any atom is -0.484 e. The number of nitrogens with zero attached hydrogens (tertiary/aromatic N) is 1. The Labute approximate surface area is 219 Å². The van der Waals surface area contributed by atoms with Crippen LogP contribution in [0.15, 0.2) is 65.6 Å². The first-order valence-corrected chi connectivity index (χ1v) is 12.5. The van der Waals surface area contributed by atoms with Crippen molar-refractivity contribution in [3.8, 4) is 5.75 Å². The molecule has 8 heteroatoms. The molecule has 1 aliphatic rings. The third-order valence-corrected chi connectivity index (χ3v) is 7.32.